The molecule has 0 saturated carbocycles. The number of aromatic nitrogens is 2. The number of carbonyl (C=O) groups is 1. The molecule has 0 radical (unpaired) electrons. The molecule has 1 amide bonds. The molecule has 0 aliphatic carbocycles. The fourth-order valence-corrected chi connectivity index (χ4v) is 3.16. The molecular weight excluding hydrogens is 282 g/mol. The van der Waals surface area contributed by atoms with E-state index in [-0.39, 0.29) is 5.91 Å². The van der Waals surface area contributed by atoms with Crippen molar-refractivity contribution in [2.45, 2.75) is 44.8 Å². The van der Waals surface area contributed by atoms with Gasteiger partial charge in [0.15, 0.2) is 5.16 Å². The summed E-state index contributed by atoms with van der Waals surface area (Å²) < 4.78 is 2.16. The average Bonchev–Trinajstić information content (AvgIpc) is 2.87. The van der Waals surface area contributed by atoms with Crippen LogP contribution in [0.4, 0.5) is 0 Å². The minimum absolute atomic E-state index is 0.0887. The average molecular weight is 305 g/mol. The monoisotopic (exact) mass is 305 g/mol. The lowest BCUT2D eigenvalue weighted by molar-refractivity contribution is -0.118. The van der Waals surface area contributed by atoms with E-state index < -0.39 is 0 Å². The van der Waals surface area contributed by atoms with Gasteiger partial charge in [-0.2, -0.15) is 0 Å². The van der Waals surface area contributed by atoms with Gasteiger partial charge in [-0.25, -0.2) is 4.98 Å². The lowest BCUT2D eigenvalue weighted by Crippen LogP contribution is -2.26. The van der Waals surface area contributed by atoms with Gasteiger partial charge in [-0.15, -0.1) is 0 Å². The molecule has 1 aromatic carbocycles. The Morgan fingerprint density at radius 1 is 1.29 bits per heavy atom. The van der Waals surface area contributed by atoms with Gasteiger partial charge in [0.05, 0.1) is 16.8 Å². The van der Waals surface area contributed by atoms with E-state index >= 15 is 0 Å². The molecule has 21 heavy (non-hydrogen) atoms. The summed E-state index contributed by atoms with van der Waals surface area (Å²) in [5.74, 6) is 0.515. The van der Waals surface area contributed by atoms with E-state index in [9.17, 15) is 4.79 Å². The highest BCUT2D eigenvalue weighted by Gasteiger charge is 2.11. The topological polar surface area (TPSA) is 46.9 Å². The zero-order valence-electron chi connectivity index (χ0n) is 12.8. The van der Waals surface area contributed by atoms with Crippen molar-refractivity contribution >= 4 is 28.7 Å². The van der Waals surface area contributed by atoms with E-state index in [4.69, 9.17) is 0 Å². The minimum atomic E-state index is 0.0887. The van der Waals surface area contributed by atoms with Gasteiger partial charge < -0.3 is 9.88 Å². The Bertz CT molecular complexity index is 594. The van der Waals surface area contributed by atoms with Crippen molar-refractivity contribution in [3.8, 4) is 0 Å². The summed E-state index contributed by atoms with van der Waals surface area (Å²) in [5, 5.41) is 3.88. The number of amides is 1. The van der Waals surface area contributed by atoms with Crippen molar-refractivity contribution in [1.29, 1.82) is 0 Å². The molecule has 0 saturated heterocycles. The fourth-order valence-electron chi connectivity index (χ4n) is 2.25. The number of nitrogens with one attached hydrogen (secondary N) is 1. The highest BCUT2D eigenvalue weighted by Crippen LogP contribution is 2.23. The van der Waals surface area contributed by atoms with Crippen molar-refractivity contribution in [1.82, 2.24) is 14.9 Å². The summed E-state index contributed by atoms with van der Waals surface area (Å²) in [4.78, 5) is 16.4. The molecule has 1 aromatic heterocycles. The molecule has 1 N–H and O–H groups in total. The first kappa shape index (κ1) is 15.9. The van der Waals surface area contributed by atoms with Crippen molar-refractivity contribution in [2.75, 3.05) is 12.3 Å². The van der Waals surface area contributed by atoms with Crippen LogP contribution in [0.5, 0.6) is 0 Å². The van der Waals surface area contributed by atoms with Gasteiger partial charge in [0.25, 0.3) is 0 Å². The molecule has 0 unspecified atom stereocenters. The lowest BCUT2D eigenvalue weighted by atomic mass is 10.2. The first-order valence-electron chi connectivity index (χ1n) is 7.61. The highest BCUT2D eigenvalue weighted by atomic mass is 32.2. The number of para-hydroxylation sites is 2. The van der Waals surface area contributed by atoms with E-state index in [1.165, 1.54) is 24.6 Å². The smallest absolute Gasteiger partial charge is 0.230 e. The van der Waals surface area contributed by atoms with Gasteiger partial charge in [0.2, 0.25) is 5.91 Å². The second-order valence-corrected chi connectivity index (χ2v) is 5.92. The van der Waals surface area contributed by atoms with Crippen molar-refractivity contribution < 1.29 is 4.79 Å². The van der Waals surface area contributed by atoms with Crippen LogP contribution < -0.4 is 5.32 Å². The minimum Gasteiger partial charge on any atom is -0.355 e. The molecule has 0 bridgehead atoms. The summed E-state index contributed by atoms with van der Waals surface area (Å²) in [6.45, 7) is 5.90. The molecule has 0 aliphatic heterocycles. The SMILES string of the molecule is CCCCCNC(=O)CSc1nc2ccccc2n1CC. The molecule has 0 aliphatic rings. The Morgan fingerprint density at radius 2 is 2.10 bits per heavy atom. The van der Waals surface area contributed by atoms with E-state index in [1.54, 1.807) is 0 Å². The number of unbranched alkanes of at least 4 members (excludes halogenated alkanes) is 2. The predicted octanol–water partition coefficient (Wildman–Crippen LogP) is 3.45. The lowest BCUT2D eigenvalue weighted by Gasteiger charge is -2.06. The van der Waals surface area contributed by atoms with Gasteiger partial charge in [0.1, 0.15) is 0 Å². The van der Waals surface area contributed by atoms with Crippen molar-refractivity contribution in [2.24, 2.45) is 0 Å². The maximum absolute atomic E-state index is 11.8. The Labute approximate surface area is 130 Å². The molecule has 2 aromatic rings. The highest BCUT2D eigenvalue weighted by molar-refractivity contribution is 7.99. The fraction of sp³-hybridized carbons (Fsp3) is 0.500. The van der Waals surface area contributed by atoms with Crippen LogP contribution in [0, 0.1) is 0 Å². The molecule has 114 valence electrons. The molecule has 0 atom stereocenters. The Morgan fingerprint density at radius 3 is 2.86 bits per heavy atom. The van der Waals surface area contributed by atoms with Crippen LogP contribution in [0.1, 0.15) is 33.1 Å². The number of carbonyl (C=O) groups excluding carboxylic acids is 1. The zero-order chi connectivity index (χ0) is 15.1. The maximum atomic E-state index is 11.8. The molecule has 0 spiro atoms. The van der Waals surface area contributed by atoms with Gasteiger partial charge in [0, 0.05) is 13.1 Å². The summed E-state index contributed by atoms with van der Waals surface area (Å²) in [6.07, 6.45) is 3.39. The molecule has 2 rings (SSSR count). The first-order chi connectivity index (χ1) is 10.3. The van der Waals surface area contributed by atoms with Crippen LogP contribution in [-0.4, -0.2) is 27.8 Å². The second kappa shape index (κ2) is 8.08. The van der Waals surface area contributed by atoms with Crippen molar-refractivity contribution in [3.05, 3.63) is 24.3 Å². The van der Waals surface area contributed by atoms with Crippen LogP contribution >= 0.6 is 11.8 Å². The third kappa shape index (κ3) is 4.24. The summed E-state index contributed by atoms with van der Waals surface area (Å²) in [5.41, 5.74) is 2.12. The van der Waals surface area contributed by atoms with E-state index in [2.05, 4.69) is 34.8 Å². The Kier molecular flexibility index (Phi) is 6.11. The quantitative estimate of drug-likeness (QED) is 0.600. The van der Waals surface area contributed by atoms with Crippen LogP contribution in [0.2, 0.25) is 0 Å². The predicted molar refractivity (Wildman–Crippen MR) is 88.7 cm³/mol. The molecule has 0 fully saturated rings. The first-order valence-corrected chi connectivity index (χ1v) is 8.59. The van der Waals surface area contributed by atoms with Gasteiger partial charge in [-0.1, -0.05) is 43.7 Å². The van der Waals surface area contributed by atoms with Crippen LogP contribution in [0.25, 0.3) is 11.0 Å². The van der Waals surface area contributed by atoms with E-state index in [1.807, 2.05) is 18.2 Å². The number of aryl methyl sites for hydroxylation is 1. The zero-order valence-corrected chi connectivity index (χ0v) is 13.6. The van der Waals surface area contributed by atoms with Gasteiger partial charge >= 0.3 is 0 Å². The number of imidazole rings is 1. The molecule has 5 heteroatoms. The number of fused-ring (bicyclic) bond motifs is 1. The number of thioether (sulfide) groups is 1. The number of hydrogen-bond acceptors (Lipinski definition) is 3. The van der Waals surface area contributed by atoms with E-state index in [0.717, 1.165) is 35.7 Å². The van der Waals surface area contributed by atoms with Crippen LogP contribution in [-0.2, 0) is 11.3 Å². The third-order valence-corrected chi connectivity index (χ3v) is 4.35. The Hall–Kier alpha value is -1.49. The Balaban J connectivity index is 1.92. The van der Waals surface area contributed by atoms with Gasteiger partial charge in [-0.05, 0) is 25.5 Å². The standard InChI is InChI=1S/C16H23N3OS/c1-3-5-8-11-17-15(20)12-21-16-18-13-9-6-7-10-14(13)19(16)4-2/h6-7,9-10H,3-5,8,11-12H2,1-2H3,(H,17,20). The number of rotatable bonds is 8. The molecule has 1 heterocycles. The summed E-state index contributed by atoms with van der Waals surface area (Å²) >= 11 is 1.51. The van der Waals surface area contributed by atoms with Crippen LogP contribution in [0.3, 0.4) is 0 Å². The van der Waals surface area contributed by atoms with Crippen molar-refractivity contribution in [3.63, 3.8) is 0 Å². The van der Waals surface area contributed by atoms with Crippen LogP contribution in [0.15, 0.2) is 29.4 Å². The summed E-state index contributed by atoms with van der Waals surface area (Å²) in [6, 6.07) is 8.09. The number of hydrogen-bond donors (Lipinski definition) is 1. The molecular formula is C16H23N3OS. The molecule has 4 nitrogen and oxygen atoms in total. The third-order valence-electron chi connectivity index (χ3n) is 3.37. The second-order valence-electron chi connectivity index (χ2n) is 4.97. The van der Waals surface area contributed by atoms with Gasteiger partial charge in [-0.3, -0.25) is 4.79 Å². The summed E-state index contributed by atoms with van der Waals surface area (Å²) in [7, 11) is 0. The maximum Gasteiger partial charge on any atom is 0.230 e. The largest absolute Gasteiger partial charge is 0.355 e. The normalized spacial score (nSPS) is 11.0. The number of nitrogens with zero attached hydrogens (tertiary/aromatic N) is 2. The van der Waals surface area contributed by atoms with E-state index in [0.29, 0.717) is 5.75 Å². The number of benzene rings is 1.